The smallest absolute Gasteiger partial charge is 0.413 e. The minimum Gasteiger partial charge on any atom is -0.447 e. The number of benzene rings is 1. The summed E-state index contributed by atoms with van der Waals surface area (Å²) >= 11 is 7.62. The third-order valence-electron chi connectivity index (χ3n) is 4.40. The molecule has 28 heavy (non-hydrogen) atoms. The van der Waals surface area contributed by atoms with Gasteiger partial charge < -0.3 is 4.74 Å². The minimum absolute atomic E-state index is 0.0615. The molecule has 0 spiro atoms. The maximum Gasteiger partial charge on any atom is 0.413 e. The van der Waals surface area contributed by atoms with Crippen LogP contribution < -0.4 is 10.7 Å². The monoisotopic (exact) mass is 422 g/mol. The molecule has 1 aromatic carbocycles. The first-order chi connectivity index (χ1) is 13.5. The Labute approximate surface area is 173 Å². The molecule has 0 unspecified atom stereocenters. The second-order valence-corrected chi connectivity index (χ2v) is 7.94. The zero-order valence-corrected chi connectivity index (χ0v) is 17.2. The molecule has 0 saturated heterocycles. The molecule has 0 radical (unpaired) electrons. The van der Waals surface area contributed by atoms with Crippen LogP contribution in [0.5, 0.6) is 0 Å². The van der Waals surface area contributed by atoms with Crippen molar-refractivity contribution in [2.75, 3.05) is 18.5 Å². The number of anilines is 1. The molecule has 9 heteroatoms. The number of hydrogen-bond acceptors (Lipinski definition) is 6. The summed E-state index contributed by atoms with van der Waals surface area (Å²) in [6.45, 7) is 2.13. The van der Waals surface area contributed by atoms with Crippen LogP contribution in [0, 0.1) is 0 Å². The fourth-order valence-corrected chi connectivity index (χ4v) is 4.17. The van der Waals surface area contributed by atoms with Gasteiger partial charge in [0.15, 0.2) is 5.13 Å². The molecule has 0 atom stereocenters. The SMILES string of the molecule is CC(=O)N(CCOC(=O)Nc1nc2c(s1)CCCC2)NCc1ccccc1Cl. The van der Waals surface area contributed by atoms with Crippen LogP contribution in [0.4, 0.5) is 9.93 Å². The number of nitrogens with one attached hydrogen (secondary N) is 2. The lowest BCUT2D eigenvalue weighted by Crippen LogP contribution is -2.43. The molecule has 3 rings (SSSR count). The van der Waals surface area contributed by atoms with Crippen LogP contribution in [0.2, 0.25) is 5.02 Å². The second kappa shape index (κ2) is 9.86. The Morgan fingerprint density at radius 2 is 2.07 bits per heavy atom. The second-order valence-electron chi connectivity index (χ2n) is 6.45. The molecule has 1 aliphatic rings. The summed E-state index contributed by atoms with van der Waals surface area (Å²) in [5.74, 6) is -0.177. The highest BCUT2D eigenvalue weighted by Crippen LogP contribution is 2.29. The van der Waals surface area contributed by atoms with E-state index in [0.29, 0.717) is 16.7 Å². The van der Waals surface area contributed by atoms with Crippen molar-refractivity contribution in [1.29, 1.82) is 0 Å². The molecule has 7 nitrogen and oxygen atoms in total. The zero-order valence-electron chi connectivity index (χ0n) is 15.7. The molecule has 2 aromatic rings. The standard InChI is InChI=1S/C19H23ClN4O3S/c1-13(25)24(21-12-14-6-2-3-7-15(14)20)10-11-27-19(26)23-18-22-16-8-4-5-9-17(16)28-18/h2-3,6-7,21H,4-5,8-12H2,1H3,(H,22,23,26). The fraction of sp³-hybridized carbons (Fsp3) is 0.421. The van der Waals surface area contributed by atoms with E-state index in [1.165, 1.54) is 34.6 Å². The van der Waals surface area contributed by atoms with Gasteiger partial charge in [0.1, 0.15) is 6.61 Å². The molecule has 2 amide bonds. The Morgan fingerprint density at radius 3 is 2.82 bits per heavy atom. The zero-order chi connectivity index (χ0) is 19.9. The van der Waals surface area contributed by atoms with Gasteiger partial charge in [-0.25, -0.2) is 15.2 Å². The highest BCUT2D eigenvalue weighted by Gasteiger charge is 2.17. The van der Waals surface area contributed by atoms with E-state index in [1.807, 2.05) is 18.2 Å². The Balaban J connectivity index is 1.43. The van der Waals surface area contributed by atoms with E-state index in [-0.39, 0.29) is 19.1 Å². The minimum atomic E-state index is -0.569. The van der Waals surface area contributed by atoms with E-state index in [1.54, 1.807) is 6.07 Å². The molecule has 0 bridgehead atoms. The van der Waals surface area contributed by atoms with Crippen LogP contribution in [0.15, 0.2) is 24.3 Å². The van der Waals surface area contributed by atoms with Gasteiger partial charge in [0.2, 0.25) is 5.91 Å². The van der Waals surface area contributed by atoms with Crippen molar-refractivity contribution in [3.05, 3.63) is 45.4 Å². The number of aryl methyl sites for hydroxylation is 2. The first-order valence-electron chi connectivity index (χ1n) is 9.20. The number of amides is 2. The number of nitrogens with zero attached hydrogens (tertiary/aromatic N) is 2. The highest BCUT2D eigenvalue weighted by atomic mass is 35.5. The quantitative estimate of drug-likeness (QED) is 0.663. The maximum atomic E-state index is 12.0. The number of rotatable bonds is 7. The molecule has 1 aromatic heterocycles. The molecule has 150 valence electrons. The largest absolute Gasteiger partial charge is 0.447 e. The number of fused-ring (bicyclic) bond motifs is 1. The van der Waals surface area contributed by atoms with E-state index in [4.69, 9.17) is 16.3 Å². The van der Waals surface area contributed by atoms with Gasteiger partial charge in [-0.2, -0.15) is 0 Å². The van der Waals surface area contributed by atoms with Crippen molar-refractivity contribution in [3.8, 4) is 0 Å². The average Bonchev–Trinajstić information content (AvgIpc) is 3.07. The molecule has 1 aliphatic carbocycles. The number of carbonyl (C=O) groups excluding carboxylic acids is 2. The number of hydrazine groups is 1. The van der Waals surface area contributed by atoms with Crippen molar-refractivity contribution in [2.24, 2.45) is 0 Å². The first kappa shape index (κ1) is 20.6. The predicted octanol–water partition coefficient (Wildman–Crippen LogP) is 3.78. The van der Waals surface area contributed by atoms with Crippen molar-refractivity contribution in [2.45, 2.75) is 39.2 Å². The summed E-state index contributed by atoms with van der Waals surface area (Å²) in [5.41, 5.74) is 4.97. The molecule has 0 aliphatic heterocycles. The number of aromatic nitrogens is 1. The molecule has 2 N–H and O–H groups in total. The summed E-state index contributed by atoms with van der Waals surface area (Å²) in [4.78, 5) is 29.5. The lowest BCUT2D eigenvalue weighted by Gasteiger charge is -2.22. The molecule has 1 heterocycles. The summed E-state index contributed by atoms with van der Waals surface area (Å²) in [5, 5.41) is 5.27. The summed E-state index contributed by atoms with van der Waals surface area (Å²) < 4.78 is 5.19. The number of carbonyl (C=O) groups is 2. The lowest BCUT2D eigenvalue weighted by molar-refractivity contribution is -0.132. The summed E-state index contributed by atoms with van der Waals surface area (Å²) in [7, 11) is 0. The summed E-state index contributed by atoms with van der Waals surface area (Å²) in [6.07, 6.45) is 3.73. The van der Waals surface area contributed by atoms with Crippen LogP contribution in [0.3, 0.4) is 0 Å². The van der Waals surface area contributed by atoms with Gasteiger partial charge in [-0.05, 0) is 37.3 Å². The molecule has 0 saturated carbocycles. The van der Waals surface area contributed by atoms with Gasteiger partial charge in [0, 0.05) is 23.4 Å². The Kier molecular flexibility index (Phi) is 7.24. The number of thiazole rings is 1. The Bertz CT molecular complexity index is 819. The number of ether oxygens (including phenoxy) is 1. The van der Waals surface area contributed by atoms with E-state index in [2.05, 4.69) is 15.7 Å². The van der Waals surface area contributed by atoms with Crippen LogP contribution in [-0.2, 0) is 28.9 Å². The van der Waals surface area contributed by atoms with E-state index < -0.39 is 6.09 Å². The molecule has 0 fully saturated rings. The first-order valence-corrected chi connectivity index (χ1v) is 10.4. The van der Waals surface area contributed by atoms with Gasteiger partial charge in [0.25, 0.3) is 0 Å². The Hall–Kier alpha value is -2.16. The van der Waals surface area contributed by atoms with Crippen LogP contribution in [-0.4, -0.2) is 35.1 Å². The third kappa shape index (κ3) is 5.67. The number of hydrogen-bond donors (Lipinski definition) is 2. The van der Waals surface area contributed by atoms with E-state index in [0.717, 1.165) is 30.5 Å². The fourth-order valence-electron chi connectivity index (χ4n) is 2.93. The Morgan fingerprint density at radius 1 is 1.29 bits per heavy atom. The lowest BCUT2D eigenvalue weighted by atomic mass is 10.0. The van der Waals surface area contributed by atoms with Crippen molar-refractivity contribution in [1.82, 2.24) is 15.4 Å². The predicted molar refractivity (Wildman–Crippen MR) is 109 cm³/mol. The number of halogens is 1. The van der Waals surface area contributed by atoms with Gasteiger partial charge in [-0.3, -0.25) is 15.1 Å². The average molecular weight is 423 g/mol. The maximum absolute atomic E-state index is 12.0. The van der Waals surface area contributed by atoms with Gasteiger partial charge in [-0.1, -0.05) is 29.8 Å². The highest BCUT2D eigenvalue weighted by molar-refractivity contribution is 7.15. The third-order valence-corrected chi connectivity index (χ3v) is 5.84. The van der Waals surface area contributed by atoms with Crippen LogP contribution in [0.25, 0.3) is 0 Å². The molecular formula is C19H23ClN4O3S. The van der Waals surface area contributed by atoms with Gasteiger partial charge in [-0.15, -0.1) is 11.3 Å². The normalized spacial score (nSPS) is 12.9. The summed E-state index contributed by atoms with van der Waals surface area (Å²) in [6, 6.07) is 7.40. The van der Waals surface area contributed by atoms with Crippen LogP contribution >= 0.6 is 22.9 Å². The van der Waals surface area contributed by atoms with Crippen molar-refractivity contribution < 1.29 is 14.3 Å². The van der Waals surface area contributed by atoms with E-state index in [9.17, 15) is 9.59 Å². The van der Waals surface area contributed by atoms with Crippen LogP contribution in [0.1, 0.15) is 35.9 Å². The van der Waals surface area contributed by atoms with Crippen molar-refractivity contribution in [3.63, 3.8) is 0 Å². The van der Waals surface area contributed by atoms with Gasteiger partial charge >= 0.3 is 6.09 Å². The van der Waals surface area contributed by atoms with E-state index >= 15 is 0 Å². The van der Waals surface area contributed by atoms with Gasteiger partial charge in [0.05, 0.1) is 12.2 Å². The molecular weight excluding hydrogens is 400 g/mol. The topological polar surface area (TPSA) is 83.6 Å². The van der Waals surface area contributed by atoms with Crippen molar-refractivity contribution >= 4 is 40.1 Å².